The zero-order valence-corrected chi connectivity index (χ0v) is 15.7. The van der Waals surface area contributed by atoms with Crippen molar-refractivity contribution in [2.24, 2.45) is 0 Å². The average molecular weight is 418 g/mol. The summed E-state index contributed by atoms with van der Waals surface area (Å²) in [6, 6.07) is 12.8. The molecule has 0 bridgehead atoms. The number of benzene rings is 2. The maximum absolute atomic E-state index is 13.5. The molecule has 0 unspecified atom stereocenters. The van der Waals surface area contributed by atoms with Crippen LogP contribution in [0.3, 0.4) is 0 Å². The summed E-state index contributed by atoms with van der Waals surface area (Å²) < 4.78 is 50.6. The Morgan fingerprint density at radius 1 is 1.03 bits per heavy atom. The number of alkyl halides is 3. The van der Waals surface area contributed by atoms with E-state index in [9.17, 15) is 22.8 Å². The number of rotatable bonds is 6. The maximum atomic E-state index is 13.5. The van der Waals surface area contributed by atoms with Crippen LogP contribution >= 0.6 is 0 Å². The van der Waals surface area contributed by atoms with Crippen LogP contribution in [-0.4, -0.2) is 18.4 Å². The lowest BCUT2D eigenvalue weighted by molar-refractivity contribution is -0.137. The third-order valence-electron chi connectivity index (χ3n) is 3.96. The molecule has 2 N–H and O–H groups in total. The van der Waals surface area contributed by atoms with Gasteiger partial charge in [-0.05, 0) is 55.0 Å². The first-order chi connectivity index (χ1) is 14.2. The number of amides is 2. The van der Waals surface area contributed by atoms with Gasteiger partial charge in [0.15, 0.2) is 12.4 Å². The SMILES string of the molecule is Cc1cccc(OCC(=O)Nc2ccc(NC(=O)c3ccco3)cc2C(F)(F)F)c1. The van der Waals surface area contributed by atoms with Crippen molar-refractivity contribution in [3.8, 4) is 5.75 Å². The lowest BCUT2D eigenvalue weighted by Gasteiger charge is -2.16. The summed E-state index contributed by atoms with van der Waals surface area (Å²) in [4.78, 5) is 24.1. The van der Waals surface area contributed by atoms with E-state index in [0.29, 0.717) is 5.75 Å². The molecule has 1 aromatic heterocycles. The number of hydrogen-bond donors (Lipinski definition) is 2. The molecule has 1 heterocycles. The van der Waals surface area contributed by atoms with Crippen LogP contribution in [0.1, 0.15) is 21.7 Å². The molecule has 9 heteroatoms. The molecule has 0 radical (unpaired) electrons. The first-order valence-corrected chi connectivity index (χ1v) is 8.78. The van der Waals surface area contributed by atoms with Crippen LogP contribution in [0.2, 0.25) is 0 Å². The molecule has 0 spiro atoms. The number of hydrogen-bond acceptors (Lipinski definition) is 4. The monoisotopic (exact) mass is 418 g/mol. The highest BCUT2D eigenvalue weighted by atomic mass is 19.4. The lowest BCUT2D eigenvalue weighted by atomic mass is 10.1. The highest BCUT2D eigenvalue weighted by Gasteiger charge is 2.34. The van der Waals surface area contributed by atoms with Gasteiger partial charge in [-0.15, -0.1) is 0 Å². The minimum absolute atomic E-state index is 0.0470. The quantitative estimate of drug-likeness (QED) is 0.598. The molecule has 0 fully saturated rings. The fourth-order valence-electron chi connectivity index (χ4n) is 2.61. The average Bonchev–Trinajstić information content (AvgIpc) is 3.22. The van der Waals surface area contributed by atoms with Crippen LogP contribution in [-0.2, 0) is 11.0 Å². The Bertz CT molecular complexity index is 1050. The van der Waals surface area contributed by atoms with Gasteiger partial charge in [0.1, 0.15) is 5.75 Å². The van der Waals surface area contributed by atoms with E-state index in [1.165, 1.54) is 24.5 Å². The summed E-state index contributed by atoms with van der Waals surface area (Å²) >= 11 is 0. The van der Waals surface area contributed by atoms with Crippen molar-refractivity contribution in [1.29, 1.82) is 0 Å². The van der Waals surface area contributed by atoms with Crippen molar-refractivity contribution >= 4 is 23.2 Å². The Hall–Kier alpha value is -3.75. The summed E-state index contributed by atoms with van der Waals surface area (Å²) in [5, 5.41) is 4.51. The normalized spacial score (nSPS) is 11.1. The summed E-state index contributed by atoms with van der Waals surface area (Å²) in [6.07, 6.45) is -3.49. The van der Waals surface area contributed by atoms with E-state index in [2.05, 4.69) is 10.6 Å². The van der Waals surface area contributed by atoms with Crippen LogP contribution in [0.25, 0.3) is 0 Å². The Morgan fingerprint density at radius 3 is 2.50 bits per heavy atom. The van der Waals surface area contributed by atoms with Gasteiger partial charge >= 0.3 is 6.18 Å². The summed E-state index contributed by atoms with van der Waals surface area (Å²) in [5.74, 6) is -1.07. The Labute approximate surface area is 169 Å². The summed E-state index contributed by atoms with van der Waals surface area (Å²) in [7, 11) is 0. The van der Waals surface area contributed by atoms with E-state index in [4.69, 9.17) is 9.15 Å². The Morgan fingerprint density at radius 2 is 1.83 bits per heavy atom. The molecular weight excluding hydrogens is 401 g/mol. The number of nitrogens with one attached hydrogen (secondary N) is 2. The van der Waals surface area contributed by atoms with E-state index >= 15 is 0 Å². The van der Waals surface area contributed by atoms with E-state index in [0.717, 1.165) is 17.7 Å². The molecule has 0 saturated heterocycles. The van der Waals surface area contributed by atoms with Crippen molar-refractivity contribution in [1.82, 2.24) is 0 Å². The largest absolute Gasteiger partial charge is 0.484 e. The number of ether oxygens (including phenoxy) is 1. The van der Waals surface area contributed by atoms with Crippen molar-refractivity contribution in [2.45, 2.75) is 13.1 Å². The van der Waals surface area contributed by atoms with Crippen LogP contribution in [0.15, 0.2) is 65.3 Å². The summed E-state index contributed by atoms with van der Waals surface area (Å²) in [6.45, 7) is 1.38. The molecule has 2 aromatic carbocycles. The molecule has 30 heavy (non-hydrogen) atoms. The van der Waals surface area contributed by atoms with Gasteiger partial charge in [0.25, 0.3) is 11.8 Å². The molecule has 2 amide bonds. The highest BCUT2D eigenvalue weighted by Crippen LogP contribution is 2.36. The van der Waals surface area contributed by atoms with Gasteiger partial charge in [-0.3, -0.25) is 9.59 Å². The van der Waals surface area contributed by atoms with Gasteiger partial charge in [0.05, 0.1) is 17.5 Å². The molecule has 0 saturated carbocycles. The number of carbonyl (C=O) groups is 2. The second-order valence-corrected chi connectivity index (χ2v) is 6.34. The second kappa shape index (κ2) is 8.73. The van der Waals surface area contributed by atoms with Crippen LogP contribution < -0.4 is 15.4 Å². The van der Waals surface area contributed by atoms with Gasteiger partial charge < -0.3 is 19.8 Å². The van der Waals surface area contributed by atoms with Crippen molar-refractivity contribution < 1.29 is 31.9 Å². The number of carbonyl (C=O) groups excluding carboxylic acids is 2. The molecule has 156 valence electrons. The second-order valence-electron chi connectivity index (χ2n) is 6.34. The minimum atomic E-state index is -4.76. The first-order valence-electron chi connectivity index (χ1n) is 8.78. The van der Waals surface area contributed by atoms with Gasteiger partial charge in [0.2, 0.25) is 0 Å². The van der Waals surface area contributed by atoms with E-state index in [1.54, 1.807) is 18.2 Å². The topological polar surface area (TPSA) is 80.6 Å². The molecule has 6 nitrogen and oxygen atoms in total. The van der Waals surface area contributed by atoms with Gasteiger partial charge in [-0.1, -0.05) is 12.1 Å². The van der Waals surface area contributed by atoms with Gasteiger partial charge in [0, 0.05) is 5.69 Å². The molecular formula is C21H17F3N2O4. The first kappa shape index (κ1) is 21.0. The zero-order chi connectivity index (χ0) is 21.7. The van der Waals surface area contributed by atoms with E-state index < -0.39 is 35.8 Å². The standard InChI is InChI=1S/C21H17F3N2O4/c1-13-4-2-5-15(10-13)30-12-19(27)26-17-8-7-14(11-16(17)21(22,23)24)25-20(28)18-6-3-9-29-18/h2-11H,12H2,1H3,(H,25,28)(H,26,27). The van der Waals surface area contributed by atoms with Crippen molar-refractivity contribution in [2.75, 3.05) is 17.2 Å². The number of furan rings is 1. The van der Waals surface area contributed by atoms with E-state index in [-0.39, 0.29) is 11.4 Å². The number of anilines is 2. The highest BCUT2D eigenvalue weighted by molar-refractivity contribution is 6.02. The number of halogens is 3. The van der Waals surface area contributed by atoms with Gasteiger partial charge in [-0.2, -0.15) is 13.2 Å². The van der Waals surface area contributed by atoms with Crippen molar-refractivity contribution in [3.05, 3.63) is 77.7 Å². The Balaban J connectivity index is 1.72. The molecule has 0 aliphatic rings. The van der Waals surface area contributed by atoms with Crippen LogP contribution in [0, 0.1) is 6.92 Å². The third kappa shape index (κ3) is 5.40. The van der Waals surface area contributed by atoms with Crippen LogP contribution in [0.4, 0.5) is 24.5 Å². The predicted molar refractivity (Wildman–Crippen MR) is 103 cm³/mol. The van der Waals surface area contributed by atoms with E-state index in [1.807, 2.05) is 13.0 Å². The predicted octanol–water partition coefficient (Wildman–Crippen LogP) is 4.88. The molecule has 3 aromatic rings. The molecule has 0 aliphatic heterocycles. The molecule has 3 rings (SSSR count). The fourth-order valence-corrected chi connectivity index (χ4v) is 2.61. The fraction of sp³-hybridized carbons (Fsp3) is 0.143. The van der Waals surface area contributed by atoms with Gasteiger partial charge in [-0.25, -0.2) is 0 Å². The van der Waals surface area contributed by atoms with Crippen LogP contribution in [0.5, 0.6) is 5.75 Å². The Kier molecular flexibility index (Phi) is 6.10. The zero-order valence-electron chi connectivity index (χ0n) is 15.7. The lowest BCUT2D eigenvalue weighted by Crippen LogP contribution is -2.22. The number of aryl methyl sites for hydroxylation is 1. The molecule has 0 atom stereocenters. The maximum Gasteiger partial charge on any atom is 0.418 e. The molecule has 0 aliphatic carbocycles. The third-order valence-corrected chi connectivity index (χ3v) is 3.96. The summed E-state index contributed by atoms with van der Waals surface area (Å²) in [5.41, 5.74) is -0.739. The van der Waals surface area contributed by atoms with Crippen molar-refractivity contribution in [3.63, 3.8) is 0 Å². The smallest absolute Gasteiger partial charge is 0.418 e. The minimum Gasteiger partial charge on any atom is -0.484 e.